The van der Waals surface area contributed by atoms with Crippen LogP contribution in [-0.2, 0) is 14.8 Å². The number of ether oxygens (including phenoxy) is 1. The van der Waals surface area contributed by atoms with E-state index in [1.807, 2.05) is 0 Å². The van der Waals surface area contributed by atoms with Gasteiger partial charge in [0, 0.05) is 25.5 Å². The molecule has 1 aliphatic carbocycles. The van der Waals surface area contributed by atoms with Crippen LogP contribution in [0.5, 0.6) is 5.88 Å². The highest BCUT2D eigenvalue weighted by atomic mass is 32.2. The number of likely N-dealkylation sites (N-methyl/N-ethyl adjacent to an activating group) is 1. The van der Waals surface area contributed by atoms with E-state index in [1.54, 1.807) is 18.6 Å². The summed E-state index contributed by atoms with van der Waals surface area (Å²) in [6, 6.07) is 0.0529. The first-order valence-corrected chi connectivity index (χ1v) is 9.33. The minimum Gasteiger partial charge on any atom is -0.473 e. The van der Waals surface area contributed by atoms with Gasteiger partial charge in [-0.2, -0.15) is 4.31 Å². The lowest BCUT2D eigenvalue weighted by atomic mass is 9.93. The van der Waals surface area contributed by atoms with Crippen LogP contribution < -0.4 is 10.1 Å². The Hall–Kier alpha value is -1.74. The number of nitrogens with one attached hydrogen (secondary N) is 1. The number of aromatic nitrogens is 2. The van der Waals surface area contributed by atoms with Crippen LogP contribution in [0, 0.1) is 0 Å². The number of hydrogen-bond donors (Lipinski definition) is 1. The molecule has 1 aromatic heterocycles. The van der Waals surface area contributed by atoms with Crippen molar-refractivity contribution in [3.63, 3.8) is 0 Å². The van der Waals surface area contributed by atoms with Crippen molar-refractivity contribution in [2.45, 2.75) is 37.8 Å². The summed E-state index contributed by atoms with van der Waals surface area (Å²) < 4.78 is 29.4. The van der Waals surface area contributed by atoms with E-state index in [2.05, 4.69) is 15.3 Å². The number of nitrogens with zero attached hydrogens (tertiary/aromatic N) is 3. The minimum absolute atomic E-state index is 0.0529. The predicted molar refractivity (Wildman–Crippen MR) is 84.3 cm³/mol. The first-order valence-electron chi connectivity index (χ1n) is 7.48. The van der Waals surface area contributed by atoms with Gasteiger partial charge in [-0.15, -0.1) is 0 Å². The van der Waals surface area contributed by atoms with Crippen LogP contribution in [0.2, 0.25) is 0 Å². The third kappa shape index (κ3) is 5.76. The van der Waals surface area contributed by atoms with Crippen LogP contribution >= 0.6 is 0 Å². The number of rotatable bonds is 6. The van der Waals surface area contributed by atoms with Gasteiger partial charge in [-0.1, -0.05) is 0 Å². The van der Waals surface area contributed by atoms with Crippen LogP contribution in [0.1, 0.15) is 25.7 Å². The molecular formula is C14H22N4O4S. The Morgan fingerprint density at radius 3 is 2.61 bits per heavy atom. The van der Waals surface area contributed by atoms with Gasteiger partial charge < -0.3 is 10.1 Å². The van der Waals surface area contributed by atoms with Gasteiger partial charge >= 0.3 is 0 Å². The number of hydrogen-bond acceptors (Lipinski definition) is 6. The summed E-state index contributed by atoms with van der Waals surface area (Å²) in [7, 11) is -1.95. The molecule has 8 nitrogen and oxygen atoms in total. The Balaban J connectivity index is 1.73. The molecule has 23 heavy (non-hydrogen) atoms. The maximum Gasteiger partial charge on any atom is 0.235 e. The normalized spacial score (nSPS) is 21.9. The predicted octanol–water partition coefficient (Wildman–Crippen LogP) is 0.174. The average molecular weight is 342 g/mol. The van der Waals surface area contributed by atoms with Crippen molar-refractivity contribution in [3.8, 4) is 5.88 Å². The monoisotopic (exact) mass is 342 g/mol. The molecule has 2 rings (SSSR count). The molecule has 1 amide bonds. The maximum atomic E-state index is 11.9. The van der Waals surface area contributed by atoms with Crippen molar-refractivity contribution in [1.29, 1.82) is 0 Å². The van der Waals surface area contributed by atoms with Crippen LogP contribution in [0.4, 0.5) is 0 Å². The molecule has 0 saturated heterocycles. The van der Waals surface area contributed by atoms with Crippen molar-refractivity contribution in [2.24, 2.45) is 0 Å². The molecule has 1 aliphatic rings. The summed E-state index contributed by atoms with van der Waals surface area (Å²) in [6.07, 6.45) is 9.10. The van der Waals surface area contributed by atoms with Gasteiger partial charge in [0.25, 0.3) is 0 Å². The molecule has 0 radical (unpaired) electrons. The van der Waals surface area contributed by atoms with Crippen molar-refractivity contribution in [3.05, 3.63) is 18.6 Å². The fourth-order valence-corrected chi connectivity index (χ4v) is 2.79. The molecule has 0 atom stereocenters. The van der Waals surface area contributed by atoms with Gasteiger partial charge in [-0.3, -0.25) is 9.78 Å². The van der Waals surface area contributed by atoms with Crippen LogP contribution in [0.25, 0.3) is 0 Å². The van der Waals surface area contributed by atoms with Gasteiger partial charge in [-0.05, 0) is 25.7 Å². The molecule has 9 heteroatoms. The molecule has 0 spiro atoms. The van der Waals surface area contributed by atoms with Gasteiger partial charge in [0.2, 0.25) is 21.8 Å². The van der Waals surface area contributed by atoms with Gasteiger partial charge in [0.05, 0.1) is 19.0 Å². The topological polar surface area (TPSA) is 101 Å². The van der Waals surface area contributed by atoms with E-state index in [0.29, 0.717) is 5.88 Å². The highest BCUT2D eigenvalue weighted by Gasteiger charge is 2.25. The summed E-state index contributed by atoms with van der Waals surface area (Å²) >= 11 is 0. The van der Waals surface area contributed by atoms with E-state index in [4.69, 9.17) is 4.74 Å². The summed E-state index contributed by atoms with van der Waals surface area (Å²) in [4.78, 5) is 19.9. The number of amides is 1. The summed E-state index contributed by atoms with van der Waals surface area (Å²) in [6.45, 7) is -0.158. The Labute approximate surface area is 136 Å². The van der Waals surface area contributed by atoms with E-state index in [0.717, 1.165) is 36.2 Å². The molecule has 0 unspecified atom stereocenters. The largest absolute Gasteiger partial charge is 0.473 e. The van der Waals surface area contributed by atoms with Crippen LogP contribution in [0.15, 0.2) is 18.6 Å². The van der Waals surface area contributed by atoms with E-state index in [-0.39, 0.29) is 24.6 Å². The van der Waals surface area contributed by atoms with E-state index >= 15 is 0 Å². The Morgan fingerprint density at radius 1 is 1.35 bits per heavy atom. The molecule has 1 heterocycles. The fourth-order valence-electron chi connectivity index (χ4n) is 2.43. The first kappa shape index (κ1) is 17.6. The van der Waals surface area contributed by atoms with E-state index in [9.17, 15) is 13.2 Å². The SMILES string of the molecule is CN(CC(=O)NC1CCC(Oc2cnccn2)CC1)S(C)(=O)=O. The zero-order chi connectivity index (χ0) is 16.9. The van der Waals surface area contributed by atoms with Gasteiger partial charge in [0.1, 0.15) is 6.10 Å². The average Bonchev–Trinajstić information content (AvgIpc) is 2.49. The van der Waals surface area contributed by atoms with Crippen molar-refractivity contribution >= 4 is 15.9 Å². The second-order valence-corrected chi connectivity index (χ2v) is 7.81. The Morgan fingerprint density at radius 2 is 2.04 bits per heavy atom. The molecular weight excluding hydrogens is 320 g/mol. The zero-order valence-electron chi connectivity index (χ0n) is 13.3. The second-order valence-electron chi connectivity index (χ2n) is 5.72. The summed E-state index contributed by atoms with van der Waals surface area (Å²) in [5, 5.41) is 2.88. The van der Waals surface area contributed by atoms with Gasteiger partial charge in [0.15, 0.2) is 0 Å². The standard InChI is InChI=1S/C14H22N4O4S/c1-18(23(2,20)21)10-13(19)17-11-3-5-12(6-4-11)22-14-9-15-7-8-16-14/h7-9,11-12H,3-6,10H2,1-2H3,(H,17,19). The highest BCUT2D eigenvalue weighted by Crippen LogP contribution is 2.22. The minimum atomic E-state index is -3.34. The molecule has 1 N–H and O–H groups in total. The summed E-state index contributed by atoms with van der Waals surface area (Å²) in [5.74, 6) is 0.228. The maximum absolute atomic E-state index is 11.9. The van der Waals surface area contributed by atoms with Crippen molar-refractivity contribution in [2.75, 3.05) is 19.8 Å². The summed E-state index contributed by atoms with van der Waals surface area (Å²) in [5.41, 5.74) is 0. The third-order valence-corrected chi connectivity index (χ3v) is 5.06. The fraction of sp³-hybridized carbons (Fsp3) is 0.643. The van der Waals surface area contributed by atoms with Crippen molar-refractivity contribution < 1.29 is 17.9 Å². The number of carbonyl (C=O) groups is 1. The third-order valence-electron chi connectivity index (χ3n) is 3.80. The number of carbonyl (C=O) groups excluding carboxylic acids is 1. The van der Waals surface area contributed by atoms with Crippen LogP contribution in [0.3, 0.4) is 0 Å². The zero-order valence-corrected chi connectivity index (χ0v) is 14.1. The Bertz CT molecular complexity index is 615. The quantitative estimate of drug-likeness (QED) is 0.791. The molecule has 0 aromatic carbocycles. The molecule has 1 saturated carbocycles. The van der Waals surface area contributed by atoms with Crippen LogP contribution in [-0.4, -0.2) is 60.6 Å². The van der Waals surface area contributed by atoms with E-state index in [1.165, 1.54) is 7.05 Å². The smallest absolute Gasteiger partial charge is 0.235 e. The van der Waals surface area contributed by atoms with E-state index < -0.39 is 10.0 Å². The second kappa shape index (κ2) is 7.69. The molecule has 1 aromatic rings. The molecule has 0 bridgehead atoms. The molecule has 128 valence electrons. The van der Waals surface area contributed by atoms with Gasteiger partial charge in [-0.25, -0.2) is 13.4 Å². The lowest BCUT2D eigenvalue weighted by molar-refractivity contribution is -0.122. The highest BCUT2D eigenvalue weighted by molar-refractivity contribution is 7.88. The Kier molecular flexibility index (Phi) is 5.89. The first-order chi connectivity index (χ1) is 10.8. The van der Waals surface area contributed by atoms with Crippen molar-refractivity contribution in [1.82, 2.24) is 19.6 Å². The lowest BCUT2D eigenvalue weighted by Crippen LogP contribution is -2.44. The molecule has 1 fully saturated rings. The lowest BCUT2D eigenvalue weighted by Gasteiger charge is -2.29. The molecule has 0 aliphatic heterocycles. The number of sulfonamides is 1.